The molecule has 0 aromatic heterocycles. The van der Waals surface area contributed by atoms with E-state index in [1.807, 2.05) is 0 Å². The quantitative estimate of drug-likeness (QED) is 0.796. The van der Waals surface area contributed by atoms with Crippen LogP contribution < -0.4 is 5.32 Å². The summed E-state index contributed by atoms with van der Waals surface area (Å²) in [6.45, 7) is 7.78. The van der Waals surface area contributed by atoms with E-state index in [1.54, 1.807) is 0 Å². The summed E-state index contributed by atoms with van der Waals surface area (Å²) in [4.78, 5) is 14.7. The fourth-order valence-electron chi connectivity index (χ4n) is 3.45. The van der Waals surface area contributed by atoms with Gasteiger partial charge in [0.25, 0.3) is 5.91 Å². The first kappa shape index (κ1) is 20.7. The fourth-order valence-corrected chi connectivity index (χ4v) is 3.45. The van der Waals surface area contributed by atoms with Gasteiger partial charge in [0, 0.05) is 31.2 Å². The molecule has 1 amide bonds. The normalized spacial score (nSPS) is 17.3. The largest absolute Gasteiger partial charge is 0.416 e. The van der Waals surface area contributed by atoms with Crippen molar-refractivity contribution in [3.05, 3.63) is 35.4 Å². The third kappa shape index (κ3) is 5.45. The molecule has 0 aliphatic carbocycles. The van der Waals surface area contributed by atoms with Crippen LogP contribution in [0.5, 0.6) is 0 Å². The van der Waals surface area contributed by atoms with E-state index in [1.165, 1.54) is 12.1 Å². The number of ether oxygens (including phenoxy) is 1. The molecule has 0 radical (unpaired) electrons. The Morgan fingerprint density at radius 1 is 1.15 bits per heavy atom. The van der Waals surface area contributed by atoms with Gasteiger partial charge in [0.1, 0.15) is 0 Å². The summed E-state index contributed by atoms with van der Waals surface area (Å²) in [6.07, 6.45) is -2.38. The van der Waals surface area contributed by atoms with Gasteiger partial charge in [-0.15, -0.1) is 0 Å². The topological polar surface area (TPSA) is 41.6 Å². The molecule has 1 aromatic carbocycles. The number of carbonyl (C=O) groups is 1. The maximum atomic E-state index is 12.6. The highest BCUT2D eigenvalue weighted by atomic mass is 19.4. The lowest BCUT2D eigenvalue weighted by atomic mass is 9.92. The summed E-state index contributed by atoms with van der Waals surface area (Å²) in [5, 5.41) is 2.90. The number of amides is 1. The zero-order valence-electron chi connectivity index (χ0n) is 15.3. The molecule has 4 nitrogen and oxygen atoms in total. The Morgan fingerprint density at radius 2 is 1.73 bits per heavy atom. The fraction of sp³-hybridized carbons (Fsp3) is 0.632. The lowest BCUT2D eigenvalue weighted by Crippen LogP contribution is -2.52. The van der Waals surface area contributed by atoms with Crippen LogP contribution in [0.15, 0.2) is 24.3 Å². The summed E-state index contributed by atoms with van der Waals surface area (Å²) in [5.41, 5.74) is -0.513. The number of hydrogen-bond donors (Lipinski definition) is 1. The SMILES string of the molecule is CCC(CC)C(CNC(=O)c1ccc(C(F)(F)F)cc1)N1CCOCC1. The third-order valence-corrected chi connectivity index (χ3v) is 5.05. The van der Waals surface area contributed by atoms with Crippen molar-refractivity contribution in [1.29, 1.82) is 0 Å². The van der Waals surface area contributed by atoms with Gasteiger partial charge in [-0.25, -0.2) is 0 Å². The molecular formula is C19H27F3N2O2. The molecule has 1 fully saturated rings. The molecule has 0 spiro atoms. The van der Waals surface area contributed by atoms with Crippen LogP contribution in [-0.2, 0) is 10.9 Å². The molecule has 1 aliphatic rings. The highest BCUT2D eigenvalue weighted by molar-refractivity contribution is 5.94. The average molecular weight is 372 g/mol. The van der Waals surface area contributed by atoms with Gasteiger partial charge < -0.3 is 10.1 Å². The molecule has 2 rings (SSSR count). The molecule has 1 N–H and O–H groups in total. The van der Waals surface area contributed by atoms with E-state index >= 15 is 0 Å². The predicted molar refractivity (Wildman–Crippen MR) is 94.0 cm³/mol. The predicted octanol–water partition coefficient (Wildman–Crippen LogP) is 3.57. The van der Waals surface area contributed by atoms with Crippen LogP contribution in [0.2, 0.25) is 0 Å². The molecule has 1 aliphatic heterocycles. The van der Waals surface area contributed by atoms with E-state index in [2.05, 4.69) is 24.1 Å². The lowest BCUT2D eigenvalue weighted by Gasteiger charge is -2.38. The Labute approximate surface area is 152 Å². The standard InChI is InChI=1S/C19H27F3N2O2/c1-3-14(4-2)17(24-9-11-26-12-10-24)13-23-18(25)15-5-7-16(8-6-15)19(20,21)22/h5-8,14,17H,3-4,9-13H2,1-2H3,(H,23,25). The lowest BCUT2D eigenvalue weighted by molar-refractivity contribution is -0.137. The minimum absolute atomic E-state index is 0.201. The summed E-state index contributed by atoms with van der Waals surface area (Å²) in [5.74, 6) is 0.101. The van der Waals surface area contributed by atoms with E-state index in [0.717, 1.165) is 38.1 Å². The minimum atomic E-state index is -4.40. The van der Waals surface area contributed by atoms with Crippen molar-refractivity contribution in [3.8, 4) is 0 Å². The molecule has 0 saturated carbocycles. The highest BCUT2D eigenvalue weighted by Gasteiger charge is 2.30. The Kier molecular flexibility index (Phi) is 7.46. The number of alkyl halides is 3. The Hall–Kier alpha value is -1.60. The Morgan fingerprint density at radius 3 is 2.23 bits per heavy atom. The summed E-state index contributed by atoms with van der Waals surface area (Å²) >= 11 is 0. The zero-order valence-corrected chi connectivity index (χ0v) is 15.3. The van der Waals surface area contributed by atoms with Crippen LogP contribution in [0.4, 0.5) is 13.2 Å². The highest BCUT2D eigenvalue weighted by Crippen LogP contribution is 2.29. The Balaban J connectivity index is 2.01. The van der Waals surface area contributed by atoms with E-state index in [-0.39, 0.29) is 17.5 Å². The van der Waals surface area contributed by atoms with Crippen molar-refractivity contribution in [2.45, 2.75) is 38.9 Å². The van der Waals surface area contributed by atoms with Gasteiger partial charge in [0.05, 0.1) is 18.8 Å². The number of nitrogens with one attached hydrogen (secondary N) is 1. The minimum Gasteiger partial charge on any atom is -0.379 e. The van der Waals surface area contributed by atoms with Crippen molar-refractivity contribution in [1.82, 2.24) is 10.2 Å². The molecule has 1 heterocycles. The monoisotopic (exact) mass is 372 g/mol. The maximum Gasteiger partial charge on any atom is 0.416 e. The molecule has 146 valence electrons. The second-order valence-electron chi connectivity index (χ2n) is 6.58. The third-order valence-electron chi connectivity index (χ3n) is 5.05. The van der Waals surface area contributed by atoms with Gasteiger partial charge >= 0.3 is 6.18 Å². The number of morpholine rings is 1. The van der Waals surface area contributed by atoms with Gasteiger partial charge in [0.15, 0.2) is 0 Å². The molecule has 1 atom stereocenters. The molecule has 26 heavy (non-hydrogen) atoms. The molecular weight excluding hydrogens is 345 g/mol. The van der Waals surface area contributed by atoms with Crippen LogP contribution >= 0.6 is 0 Å². The summed E-state index contributed by atoms with van der Waals surface area (Å²) in [6, 6.07) is 4.52. The first-order chi connectivity index (χ1) is 12.4. The van der Waals surface area contributed by atoms with Crippen molar-refractivity contribution in [3.63, 3.8) is 0 Å². The summed E-state index contributed by atoms with van der Waals surface area (Å²) < 4.78 is 43.3. The van der Waals surface area contributed by atoms with Gasteiger partial charge in [-0.1, -0.05) is 26.7 Å². The molecule has 1 unspecified atom stereocenters. The number of hydrogen-bond acceptors (Lipinski definition) is 3. The number of rotatable bonds is 7. The summed E-state index contributed by atoms with van der Waals surface area (Å²) in [7, 11) is 0. The number of carbonyl (C=O) groups excluding carboxylic acids is 1. The van der Waals surface area contributed by atoms with Crippen LogP contribution in [-0.4, -0.2) is 49.7 Å². The van der Waals surface area contributed by atoms with E-state index < -0.39 is 11.7 Å². The molecule has 1 saturated heterocycles. The van der Waals surface area contributed by atoms with Gasteiger partial charge in [0.2, 0.25) is 0 Å². The molecule has 1 aromatic rings. The number of benzene rings is 1. The second kappa shape index (κ2) is 9.37. The van der Waals surface area contributed by atoms with Crippen molar-refractivity contribution in [2.75, 3.05) is 32.8 Å². The van der Waals surface area contributed by atoms with Crippen LogP contribution in [0.3, 0.4) is 0 Å². The van der Waals surface area contributed by atoms with E-state index in [0.29, 0.717) is 25.7 Å². The van der Waals surface area contributed by atoms with Crippen LogP contribution in [0.25, 0.3) is 0 Å². The zero-order chi connectivity index (χ0) is 19.2. The molecule has 0 bridgehead atoms. The van der Waals surface area contributed by atoms with E-state index in [4.69, 9.17) is 4.74 Å². The van der Waals surface area contributed by atoms with Crippen LogP contribution in [0.1, 0.15) is 42.6 Å². The van der Waals surface area contributed by atoms with E-state index in [9.17, 15) is 18.0 Å². The maximum absolute atomic E-state index is 12.6. The second-order valence-corrected chi connectivity index (χ2v) is 6.58. The Bertz CT molecular complexity index is 565. The van der Waals surface area contributed by atoms with Crippen molar-refractivity contribution < 1.29 is 22.7 Å². The first-order valence-corrected chi connectivity index (χ1v) is 9.14. The van der Waals surface area contributed by atoms with Gasteiger partial charge in [-0.3, -0.25) is 9.69 Å². The number of halogens is 3. The number of nitrogens with zero attached hydrogens (tertiary/aromatic N) is 1. The van der Waals surface area contributed by atoms with Crippen molar-refractivity contribution >= 4 is 5.91 Å². The average Bonchev–Trinajstić information content (AvgIpc) is 2.65. The first-order valence-electron chi connectivity index (χ1n) is 9.14. The van der Waals surface area contributed by atoms with Gasteiger partial charge in [-0.2, -0.15) is 13.2 Å². The van der Waals surface area contributed by atoms with Crippen molar-refractivity contribution in [2.24, 2.45) is 5.92 Å². The van der Waals surface area contributed by atoms with Crippen LogP contribution in [0, 0.1) is 5.92 Å². The smallest absolute Gasteiger partial charge is 0.379 e. The van der Waals surface area contributed by atoms with Gasteiger partial charge in [-0.05, 0) is 30.2 Å². The molecule has 7 heteroatoms.